The summed E-state index contributed by atoms with van der Waals surface area (Å²) in [6.45, 7) is 2.06. The standard InChI is InChI=1S/C6H9NS3/c1-5(7-4-8)10-6-2-9-3-6/h5-6H,2-3H2,1H3. The number of thiocarbonyl (C=S) groups is 1. The summed E-state index contributed by atoms with van der Waals surface area (Å²) in [6, 6.07) is 0. The highest BCUT2D eigenvalue weighted by Gasteiger charge is 2.20. The van der Waals surface area contributed by atoms with E-state index in [0.717, 1.165) is 5.25 Å². The molecule has 0 aliphatic carbocycles. The van der Waals surface area contributed by atoms with Crippen molar-refractivity contribution in [3.8, 4) is 0 Å². The molecule has 1 atom stereocenters. The highest BCUT2D eigenvalue weighted by molar-refractivity contribution is 8.07. The summed E-state index contributed by atoms with van der Waals surface area (Å²) < 4.78 is 0. The van der Waals surface area contributed by atoms with Gasteiger partial charge in [0.05, 0.1) is 5.16 Å². The van der Waals surface area contributed by atoms with Gasteiger partial charge >= 0.3 is 0 Å². The molecule has 0 aromatic rings. The fourth-order valence-electron chi connectivity index (χ4n) is 0.676. The fraction of sp³-hybridized carbons (Fsp3) is 0.833. The molecule has 1 heterocycles. The van der Waals surface area contributed by atoms with Crippen LogP contribution in [0.3, 0.4) is 0 Å². The molecule has 0 aromatic carbocycles. The summed E-state index contributed by atoms with van der Waals surface area (Å²) in [5.41, 5.74) is 0. The van der Waals surface area contributed by atoms with Crippen LogP contribution in [0.4, 0.5) is 0 Å². The fourth-order valence-corrected chi connectivity index (χ4v) is 3.21. The van der Waals surface area contributed by atoms with Gasteiger partial charge in [-0.1, -0.05) is 0 Å². The molecule has 1 rings (SSSR count). The van der Waals surface area contributed by atoms with Gasteiger partial charge in [0.2, 0.25) is 0 Å². The van der Waals surface area contributed by atoms with Crippen LogP contribution < -0.4 is 0 Å². The van der Waals surface area contributed by atoms with Crippen molar-refractivity contribution >= 4 is 40.9 Å². The molecule has 0 N–H and O–H groups in total. The maximum absolute atomic E-state index is 4.50. The molecule has 0 radical (unpaired) electrons. The molecule has 0 aromatic heterocycles. The van der Waals surface area contributed by atoms with Crippen molar-refractivity contribution in [2.45, 2.75) is 17.5 Å². The van der Waals surface area contributed by atoms with Crippen molar-refractivity contribution in [3.05, 3.63) is 0 Å². The SMILES string of the molecule is CC(N=C=S)SC1CSC1. The number of thioether (sulfide) groups is 2. The van der Waals surface area contributed by atoms with Gasteiger partial charge in [-0.15, -0.1) is 11.8 Å². The maximum Gasteiger partial charge on any atom is 0.103 e. The zero-order chi connectivity index (χ0) is 7.40. The molecule has 1 aliphatic heterocycles. The van der Waals surface area contributed by atoms with Crippen molar-refractivity contribution in [2.24, 2.45) is 4.99 Å². The van der Waals surface area contributed by atoms with E-state index in [4.69, 9.17) is 0 Å². The summed E-state index contributed by atoms with van der Waals surface area (Å²) in [6.07, 6.45) is 0. The maximum atomic E-state index is 4.50. The third kappa shape index (κ3) is 2.62. The van der Waals surface area contributed by atoms with Crippen LogP contribution >= 0.6 is 35.7 Å². The lowest BCUT2D eigenvalue weighted by atomic mass is 10.5. The molecule has 56 valence electrons. The van der Waals surface area contributed by atoms with Crippen LogP contribution in [0, 0.1) is 0 Å². The van der Waals surface area contributed by atoms with Crippen LogP contribution in [0.5, 0.6) is 0 Å². The van der Waals surface area contributed by atoms with E-state index in [9.17, 15) is 0 Å². The minimum atomic E-state index is 0.309. The number of hydrogen-bond donors (Lipinski definition) is 0. The first-order valence-electron chi connectivity index (χ1n) is 3.13. The average Bonchev–Trinajstić information content (AvgIpc) is 1.80. The van der Waals surface area contributed by atoms with E-state index >= 15 is 0 Å². The average molecular weight is 191 g/mol. The summed E-state index contributed by atoms with van der Waals surface area (Å²) >= 11 is 8.39. The number of isothiocyanates is 1. The molecule has 1 saturated heterocycles. The van der Waals surface area contributed by atoms with Gasteiger partial charge in [-0.2, -0.15) is 11.8 Å². The lowest BCUT2D eigenvalue weighted by molar-refractivity contribution is 1.01. The Labute approximate surface area is 75.1 Å². The van der Waals surface area contributed by atoms with E-state index in [-0.39, 0.29) is 0 Å². The molecule has 0 amide bonds. The Balaban J connectivity index is 2.16. The van der Waals surface area contributed by atoms with Crippen molar-refractivity contribution < 1.29 is 0 Å². The third-order valence-electron chi connectivity index (χ3n) is 1.23. The van der Waals surface area contributed by atoms with Crippen molar-refractivity contribution in [2.75, 3.05) is 11.5 Å². The molecule has 1 nitrogen and oxygen atoms in total. The van der Waals surface area contributed by atoms with Gasteiger partial charge in [0, 0.05) is 16.8 Å². The highest BCUT2D eigenvalue weighted by Crippen LogP contribution is 2.32. The van der Waals surface area contributed by atoms with Crippen molar-refractivity contribution in [3.63, 3.8) is 0 Å². The van der Waals surface area contributed by atoms with Crippen LogP contribution in [-0.2, 0) is 0 Å². The Kier molecular flexibility index (Phi) is 3.78. The van der Waals surface area contributed by atoms with Crippen LogP contribution in [-0.4, -0.2) is 27.3 Å². The van der Waals surface area contributed by atoms with Gasteiger partial charge in [0.15, 0.2) is 0 Å². The predicted octanol–water partition coefficient (Wildman–Crippen LogP) is 2.28. The largest absolute Gasteiger partial charge is 0.218 e. The Bertz CT molecular complexity index is 149. The van der Waals surface area contributed by atoms with Gasteiger partial charge in [-0.3, -0.25) is 0 Å². The molecule has 0 spiro atoms. The molecule has 1 aliphatic rings. The van der Waals surface area contributed by atoms with Crippen molar-refractivity contribution in [1.29, 1.82) is 0 Å². The van der Waals surface area contributed by atoms with Crippen LogP contribution in [0.1, 0.15) is 6.92 Å². The second kappa shape index (κ2) is 4.39. The summed E-state index contributed by atoms with van der Waals surface area (Å²) in [7, 11) is 0. The lowest BCUT2D eigenvalue weighted by Gasteiger charge is -2.25. The van der Waals surface area contributed by atoms with E-state index in [2.05, 4.69) is 29.3 Å². The van der Waals surface area contributed by atoms with Crippen LogP contribution in [0.2, 0.25) is 0 Å². The van der Waals surface area contributed by atoms with Gasteiger partial charge in [-0.25, -0.2) is 4.99 Å². The first kappa shape index (κ1) is 8.60. The minimum absolute atomic E-state index is 0.309. The van der Waals surface area contributed by atoms with Gasteiger partial charge < -0.3 is 0 Å². The number of hydrogen-bond acceptors (Lipinski definition) is 4. The summed E-state index contributed by atoms with van der Waals surface area (Å²) in [4.78, 5) is 3.96. The molecule has 4 heteroatoms. The second-order valence-electron chi connectivity index (χ2n) is 2.12. The van der Waals surface area contributed by atoms with E-state index < -0.39 is 0 Å². The summed E-state index contributed by atoms with van der Waals surface area (Å²) in [5.74, 6) is 2.56. The first-order valence-corrected chi connectivity index (χ1v) is 5.63. The summed E-state index contributed by atoms with van der Waals surface area (Å²) in [5, 5.41) is 3.52. The van der Waals surface area contributed by atoms with Crippen LogP contribution in [0.15, 0.2) is 4.99 Å². The normalized spacial score (nSPS) is 20.9. The molecular formula is C6H9NS3. The van der Waals surface area contributed by atoms with Gasteiger partial charge in [0.25, 0.3) is 0 Å². The number of rotatable bonds is 3. The van der Waals surface area contributed by atoms with E-state index in [0.29, 0.717) is 5.37 Å². The Morgan fingerprint density at radius 3 is 2.90 bits per heavy atom. The molecule has 10 heavy (non-hydrogen) atoms. The smallest absolute Gasteiger partial charge is 0.103 e. The van der Waals surface area contributed by atoms with Crippen LogP contribution in [0.25, 0.3) is 0 Å². The third-order valence-corrected chi connectivity index (χ3v) is 4.25. The topological polar surface area (TPSA) is 12.4 Å². The van der Waals surface area contributed by atoms with E-state index in [1.165, 1.54) is 11.5 Å². The minimum Gasteiger partial charge on any atom is -0.218 e. The second-order valence-corrected chi connectivity index (χ2v) is 4.99. The first-order chi connectivity index (χ1) is 4.83. The Morgan fingerprint density at radius 2 is 2.50 bits per heavy atom. The zero-order valence-corrected chi connectivity index (χ0v) is 8.19. The monoisotopic (exact) mass is 191 g/mol. The molecular weight excluding hydrogens is 182 g/mol. The quantitative estimate of drug-likeness (QED) is 0.501. The van der Waals surface area contributed by atoms with Crippen molar-refractivity contribution in [1.82, 2.24) is 0 Å². The lowest BCUT2D eigenvalue weighted by Crippen LogP contribution is -2.22. The van der Waals surface area contributed by atoms with Gasteiger partial charge in [-0.05, 0) is 19.1 Å². The molecule has 1 unspecified atom stereocenters. The number of nitrogens with zero attached hydrogens (tertiary/aromatic N) is 1. The Hall–Kier alpha value is 0.500. The van der Waals surface area contributed by atoms with Gasteiger partial charge in [0.1, 0.15) is 5.37 Å². The molecule has 1 fully saturated rings. The van der Waals surface area contributed by atoms with E-state index in [1.807, 2.05) is 23.5 Å². The predicted molar refractivity (Wildman–Crippen MR) is 53.2 cm³/mol. The molecule has 0 bridgehead atoms. The zero-order valence-electron chi connectivity index (χ0n) is 5.74. The number of aliphatic imine (C=N–C) groups is 1. The van der Waals surface area contributed by atoms with E-state index in [1.54, 1.807) is 0 Å². The highest BCUT2D eigenvalue weighted by atomic mass is 32.2. The Morgan fingerprint density at radius 1 is 1.80 bits per heavy atom. The molecule has 0 saturated carbocycles.